The topological polar surface area (TPSA) is 66.1 Å². The minimum atomic E-state index is -0.417. The van der Waals surface area contributed by atoms with Crippen molar-refractivity contribution in [1.29, 1.82) is 0 Å². The Morgan fingerprint density at radius 3 is 2.41 bits per heavy atom. The minimum absolute atomic E-state index is 0.299. The van der Waals surface area contributed by atoms with Gasteiger partial charge in [0.2, 0.25) is 0 Å². The van der Waals surface area contributed by atoms with Crippen molar-refractivity contribution in [2.45, 2.75) is 6.92 Å². The quantitative estimate of drug-likeness (QED) is 0.722. The fourth-order valence-electron chi connectivity index (χ4n) is 2.34. The van der Waals surface area contributed by atoms with Gasteiger partial charge in [0.15, 0.2) is 5.65 Å². The van der Waals surface area contributed by atoms with Gasteiger partial charge in [0, 0.05) is 25.9 Å². The number of aryl methyl sites for hydroxylation is 2. The fourth-order valence-corrected chi connectivity index (χ4v) is 2.34. The van der Waals surface area contributed by atoms with Crippen LogP contribution in [0.1, 0.15) is 5.56 Å². The Bertz CT molecular complexity index is 972. The lowest BCUT2D eigenvalue weighted by Crippen LogP contribution is -2.37. The van der Waals surface area contributed by atoms with Gasteiger partial charge in [-0.25, -0.2) is 9.78 Å². The molecule has 112 valence electrons. The zero-order chi connectivity index (χ0) is 15.9. The first-order valence-corrected chi connectivity index (χ1v) is 6.79. The molecule has 2 heterocycles. The van der Waals surface area contributed by atoms with Gasteiger partial charge >= 0.3 is 5.69 Å². The van der Waals surface area contributed by atoms with E-state index in [1.54, 1.807) is 25.4 Å². The second kappa shape index (κ2) is 5.14. The summed E-state index contributed by atoms with van der Waals surface area (Å²) in [6, 6.07) is 9.19. The molecule has 0 amide bonds. The molecule has 0 fully saturated rings. The molecule has 0 radical (unpaired) electrons. The second-order valence-corrected chi connectivity index (χ2v) is 5.09. The smallest absolute Gasteiger partial charge is 0.332 e. The van der Waals surface area contributed by atoms with Crippen LogP contribution in [0.2, 0.25) is 0 Å². The maximum absolute atomic E-state index is 12.5. The highest BCUT2D eigenvalue weighted by Gasteiger charge is 2.17. The van der Waals surface area contributed by atoms with Crippen molar-refractivity contribution in [2.75, 3.05) is 0 Å². The summed E-state index contributed by atoms with van der Waals surface area (Å²) in [5.74, 6) is 1.04. The number of ether oxygens (including phenoxy) is 1. The Labute approximate surface area is 126 Å². The van der Waals surface area contributed by atoms with Gasteiger partial charge in [-0.1, -0.05) is 18.2 Å². The van der Waals surface area contributed by atoms with E-state index in [1.807, 2.05) is 25.1 Å². The highest BCUT2D eigenvalue weighted by atomic mass is 16.5. The van der Waals surface area contributed by atoms with Crippen LogP contribution in [0.15, 0.2) is 46.1 Å². The number of aromatic nitrogens is 3. The van der Waals surface area contributed by atoms with Gasteiger partial charge in [-0.3, -0.25) is 13.9 Å². The molecule has 0 spiro atoms. The summed E-state index contributed by atoms with van der Waals surface area (Å²) in [6.07, 6.45) is 1.60. The number of benzene rings is 1. The van der Waals surface area contributed by atoms with Crippen LogP contribution in [0.4, 0.5) is 0 Å². The molecule has 0 bridgehead atoms. The van der Waals surface area contributed by atoms with Gasteiger partial charge in [-0.05, 0) is 19.1 Å². The van der Waals surface area contributed by atoms with Crippen LogP contribution in [0, 0.1) is 6.92 Å². The summed E-state index contributed by atoms with van der Waals surface area (Å²) in [4.78, 5) is 28.7. The maximum Gasteiger partial charge on any atom is 0.332 e. The van der Waals surface area contributed by atoms with Crippen LogP contribution >= 0.6 is 0 Å². The van der Waals surface area contributed by atoms with Crippen molar-refractivity contribution in [1.82, 2.24) is 14.1 Å². The van der Waals surface area contributed by atoms with E-state index in [9.17, 15) is 9.59 Å². The number of rotatable bonds is 2. The van der Waals surface area contributed by atoms with E-state index >= 15 is 0 Å². The van der Waals surface area contributed by atoms with E-state index in [1.165, 1.54) is 11.6 Å². The van der Waals surface area contributed by atoms with E-state index < -0.39 is 11.2 Å². The van der Waals surface area contributed by atoms with E-state index in [-0.39, 0.29) is 0 Å². The highest BCUT2D eigenvalue weighted by molar-refractivity contribution is 5.82. The van der Waals surface area contributed by atoms with E-state index in [2.05, 4.69) is 4.98 Å². The third kappa shape index (κ3) is 2.09. The summed E-state index contributed by atoms with van der Waals surface area (Å²) in [7, 11) is 3.03. The minimum Gasteiger partial charge on any atom is -0.456 e. The number of hydrogen-bond donors (Lipinski definition) is 0. The van der Waals surface area contributed by atoms with Gasteiger partial charge in [-0.2, -0.15) is 0 Å². The van der Waals surface area contributed by atoms with Gasteiger partial charge in [0.1, 0.15) is 16.9 Å². The third-order valence-electron chi connectivity index (χ3n) is 3.56. The lowest BCUT2D eigenvalue weighted by molar-refractivity contribution is 0.482. The van der Waals surface area contributed by atoms with Crippen LogP contribution in [0.5, 0.6) is 11.5 Å². The monoisotopic (exact) mass is 297 g/mol. The van der Waals surface area contributed by atoms with Crippen LogP contribution in [-0.4, -0.2) is 14.1 Å². The van der Waals surface area contributed by atoms with E-state index in [0.29, 0.717) is 22.5 Å². The SMILES string of the molecule is Cc1cnc2c(c1Oc1ccccc1)c(=O)n(C)c(=O)n2C. The average molecular weight is 297 g/mol. The lowest BCUT2D eigenvalue weighted by atomic mass is 10.2. The van der Waals surface area contributed by atoms with Crippen molar-refractivity contribution in [2.24, 2.45) is 14.1 Å². The number of pyridine rings is 1. The van der Waals surface area contributed by atoms with Crippen LogP contribution in [0.25, 0.3) is 11.0 Å². The van der Waals surface area contributed by atoms with Crippen LogP contribution in [-0.2, 0) is 14.1 Å². The molecule has 1 aromatic carbocycles. The zero-order valence-electron chi connectivity index (χ0n) is 12.5. The molecule has 0 saturated heterocycles. The molecule has 0 N–H and O–H groups in total. The van der Waals surface area contributed by atoms with Crippen molar-refractivity contribution in [3.8, 4) is 11.5 Å². The Morgan fingerprint density at radius 1 is 1.05 bits per heavy atom. The molecular weight excluding hydrogens is 282 g/mol. The number of para-hydroxylation sites is 1. The number of fused-ring (bicyclic) bond motifs is 1. The molecule has 6 nitrogen and oxygen atoms in total. The first-order valence-electron chi connectivity index (χ1n) is 6.79. The molecule has 6 heteroatoms. The van der Waals surface area contributed by atoms with Crippen molar-refractivity contribution in [3.63, 3.8) is 0 Å². The van der Waals surface area contributed by atoms with E-state index in [4.69, 9.17) is 4.74 Å². The predicted molar refractivity (Wildman–Crippen MR) is 83.5 cm³/mol. The van der Waals surface area contributed by atoms with Gasteiger partial charge in [-0.15, -0.1) is 0 Å². The van der Waals surface area contributed by atoms with E-state index in [0.717, 1.165) is 10.1 Å². The molecule has 3 rings (SSSR count). The summed E-state index contributed by atoms with van der Waals surface area (Å²) in [6.45, 7) is 1.81. The summed E-state index contributed by atoms with van der Waals surface area (Å²) >= 11 is 0. The number of hydrogen-bond acceptors (Lipinski definition) is 4. The molecule has 0 atom stereocenters. The molecule has 0 aliphatic heterocycles. The zero-order valence-corrected chi connectivity index (χ0v) is 12.5. The van der Waals surface area contributed by atoms with Gasteiger partial charge < -0.3 is 4.74 Å². The lowest BCUT2D eigenvalue weighted by Gasteiger charge is -2.13. The van der Waals surface area contributed by atoms with Crippen LogP contribution in [0.3, 0.4) is 0 Å². The first-order chi connectivity index (χ1) is 10.5. The largest absolute Gasteiger partial charge is 0.456 e. The highest BCUT2D eigenvalue weighted by Crippen LogP contribution is 2.29. The summed E-state index contributed by atoms with van der Waals surface area (Å²) < 4.78 is 8.28. The first kappa shape index (κ1) is 14.1. The van der Waals surface area contributed by atoms with Gasteiger partial charge in [0.25, 0.3) is 5.56 Å². The van der Waals surface area contributed by atoms with Crippen LogP contribution < -0.4 is 16.0 Å². The molecule has 0 aliphatic rings. The Kier molecular flexibility index (Phi) is 3.29. The average Bonchev–Trinajstić information content (AvgIpc) is 2.53. The maximum atomic E-state index is 12.5. The Morgan fingerprint density at radius 2 is 1.73 bits per heavy atom. The van der Waals surface area contributed by atoms with Crippen molar-refractivity contribution < 1.29 is 4.74 Å². The molecule has 0 saturated carbocycles. The predicted octanol–water partition coefficient (Wildman–Crippen LogP) is 1.73. The van der Waals surface area contributed by atoms with Crippen molar-refractivity contribution >= 4 is 11.0 Å². The number of nitrogens with zero attached hydrogens (tertiary/aromatic N) is 3. The Hall–Kier alpha value is -2.89. The molecular formula is C16H15N3O3. The Balaban J connectivity index is 2.37. The molecule has 0 unspecified atom stereocenters. The summed E-state index contributed by atoms with van der Waals surface area (Å²) in [5, 5.41) is 0.299. The fraction of sp³-hybridized carbons (Fsp3) is 0.188. The molecule has 3 aromatic rings. The molecule has 0 aliphatic carbocycles. The van der Waals surface area contributed by atoms with Crippen molar-refractivity contribution in [3.05, 3.63) is 62.9 Å². The molecule has 2 aromatic heterocycles. The third-order valence-corrected chi connectivity index (χ3v) is 3.56. The summed E-state index contributed by atoms with van der Waals surface area (Å²) in [5.41, 5.74) is 0.205. The standard InChI is InChI=1S/C16H15N3O3/c1-10-9-17-14-12(15(20)19(3)16(21)18(14)2)13(10)22-11-7-5-4-6-8-11/h4-9H,1-3H3. The normalized spacial score (nSPS) is 10.9. The van der Waals surface area contributed by atoms with Gasteiger partial charge in [0.05, 0.1) is 0 Å². The molecule has 22 heavy (non-hydrogen) atoms. The second-order valence-electron chi connectivity index (χ2n) is 5.09.